The van der Waals surface area contributed by atoms with Crippen LogP contribution >= 0.6 is 0 Å². The highest BCUT2D eigenvalue weighted by Gasteiger charge is 2.20. The molecule has 0 N–H and O–H groups in total. The van der Waals surface area contributed by atoms with Gasteiger partial charge in [-0.3, -0.25) is 9.58 Å². The average molecular weight is 397 g/mol. The SMILES string of the molecule is CCCc1cc(CCCN2CCN(c3ccc(C)cc3C)CC2)nn1C(C)(C)C. The van der Waals surface area contributed by atoms with Gasteiger partial charge in [0.1, 0.15) is 0 Å². The molecule has 1 aromatic heterocycles. The maximum atomic E-state index is 4.94. The lowest BCUT2D eigenvalue weighted by Gasteiger charge is -2.37. The van der Waals surface area contributed by atoms with Crippen LogP contribution in [-0.4, -0.2) is 47.4 Å². The number of benzene rings is 1. The summed E-state index contributed by atoms with van der Waals surface area (Å²) < 4.78 is 2.24. The van der Waals surface area contributed by atoms with Gasteiger partial charge in [-0.15, -0.1) is 0 Å². The second-order valence-electron chi connectivity index (χ2n) is 9.68. The first kappa shape index (κ1) is 21.9. The van der Waals surface area contributed by atoms with Gasteiger partial charge >= 0.3 is 0 Å². The first-order chi connectivity index (χ1) is 13.8. The Morgan fingerprint density at radius 3 is 2.31 bits per heavy atom. The fraction of sp³-hybridized carbons (Fsp3) is 0.640. The Kier molecular flexibility index (Phi) is 7.05. The Bertz CT molecular complexity index is 792. The normalized spacial score (nSPS) is 15.9. The van der Waals surface area contributed by atoms with E-state index in [0.29, 0.717) is 0 Å². The van der Waals surface area contributed by atoms with Crippen LogP contribution in [0.25, 0.3) is 0 Å². The average Bonchev–Trinajstić information content (AvgIpc) is 3.06. The van der Waals surface area contributed by atoms with Crippen molar-refractivity contribution in [2.45, 2.75) is 72.8 Å². The van der Waals surface area contributed by atoms with Crippen LogP contribution in [0.15, 0.2) is 24.3 Å². The maximum Gasteiger partial charge on any atom is 0.0628 e. The van der Waals surface area contributed by atoms with E-state index in [4.69, 9.17) is 5.10 Å². The summed E-state index contributed by atoms with van der Waals surface area (Å²) in [6.45, 7) is 19.1. The molecule has 160 valence electrons. The standard InChI is InChI=1S/C25H40N4/c1-7-9-23-19-22(26-29(23)25(4,5)6)10-8-13-27-14-16-28(17-15-27)24-12-11-20(2)18-21(24)3/h11-12,18-19H,7-10,13-17H2,1-6H3. The molecule has 1 aliphatic heterocycles. The lowest BCUT2D eigenvalue weighted by molar-refractivity contribution is 0.254. The van der Waals surface area contributed by atoms with Gasteiger partial charge in [-0.1, -0.05) is 31.0 Å². The number of hydrogen-bond acceptors (Lipinski definition) is 3. The molecule has 0 amide bonds. The van der Waals surface area contributed by atoms with Gasteiger partial charge in [0, 0.05) is 37.6 Å². The summed E-state index contributed by atoms with van der Waals surface area (Å²) >= 11 is 0. The Labute approximate surface area is 177 Å². The fourth-order valence-corrected chi connectivity index (χ4v) is 4.47. The van der Waals surface area contributed by atoms with Gasteiger partial charge < -0.3 is 4.90 Å². The molecule has 1 saturated heterocycles. The molecule has 2 heterocycles. The highest BCUT2D eigenvalue weighted by Crippen LogP contribution is 2.23. The van der Waals surface area contributed by atoms with Crippen molar-refractivity contribution >= 4 is 5.69 Å². The molecular formula is C25H40N4. The third-order valence-corrected chi connectivity index (χ3v) is 5.95. The fourth-order valence-electron chi connectivity index (χ4n) is 4.47. The largest absolute Gasteiger partial charge is 0.369 e. The van der Waals surface area contributed by atoms with Gasteiger partial charge in [-0.25, -0.2) is 0 Å². The van der Waals surface area contributed by atoms with Crippen LogP contribution in [0.5, 0.6) is 0 Å². The number of anilines is 1. The van der Waals surface area contributed by atoms with E-state index in [1.807, 2.05) is 0 Å². The molecule has 4 heteroatoms. The van der Waals surface area contributed by atoms with Crippen molar-refractivity contribution in [1.29, 1.82) is 0 Å². The highest BCUT2D eigenvalue weighted by molar-refractivity contribution is 5.54. The van der Waals surface area contributed by atoms with E-state index in [1.165, 1.54) is 47.6 Å². The number of piperazine rings is 1. The number of nitrogens with zero attached hydrogens (tertiary/aromatic N) is 4. The molecule has 0 aliphatic carbocycles. The van der Waals surface area contributed by atoms with E-state index in [1.54, 1.807) is 0 Å². The van der Waals surface area contributed by atoms with Gasteiger partial charge in [0.05, 0.1) is 11.2 Å². The first-order valence-corrected chi connectivity index (χ1v) is 11.4. The molecule has 1 aromatic carbocycles. The van der Waals surface area contributed by atoms with E-state index >= 15 is 0 Å². The molecular weight excluding hydrogens is 356 g/mol. The smallest absolute Gasteiger partial charge is 0.0628 e. The lowest BCUT2D eigenvalue weighted by Crippen LogP contribution is -2.46. The number of hydrogen-bond donors (Lipinski definition) is 0. The third kappa shape index (κ3) is 5.63. The Hall–Kier alpha value is -1.81. The Balaban J connectivity index is 1.49. The summed E-state index contributed by atoms with van der Waals surface area (Å²) in [5.41, 5.74) is 6.87. The van der Waals surface area contributed by atoms with Crippen molar-refractivity contribution < 1.29 is 0 Å². The van der Waals surface area contributed by atoms with Gasteiger partial charge in [0.15, 0.2) is 0 Å². The van der Waals surface area contributed by atoms with Crippen molar-refractivity contribution in [1.82, 2.24) is 14.7 Å². The molecule has 0 atom stereocenters. The van der Waals surface area contributed by atoms with Gasteiger partial charge in [0.25, 0.3) is 0 Å². The van der Waals surface area contributed by atoms with Crippen LogP contribution < -0.4 is 4.90 Å². The van der Waals surface area contributed by atoms with E-state index < -0.39 is 0 Å². The van der Waals surface area contributed by atoms with Crippen LogP contribution in [0.3, 0.4) is 0 Å². The molecule has 0 spiro atoms. The van der Waals surface area contributed by atoms with Crippen LogP contribution in [0, 0.1) is 13.8 Å². The van der Waals surface area contributed by atoms with Crippen LogP contribution in [0.1, 0.15) is 63.1 Å². The maximum absolute atomic E-state index is 4.94. The minimum absolute atomic E-state index is 0.0627. The Morgan fingerprint density at radius 1 is 0.966 bits per heavy atom. The van der Waals surface area contributed by atoms with E-state index in [9.17, 15) is 0 Å². The summed E-state index contributed by atoms with van der Waals surface area (Å²) in [5.74, 6) is 0. The highest BCUT2D eigenvalue weighted by atomic mass is 15.3. The molecule has 29 heavy (non-hydrogen) atoms. The van der Waals surface area contributed by atoms with Crippen molar-refractivity contribution in [3.63, 3.8) is 0 Å². The topological polar surface area (TPSA) is 24.3 Å². The summed E-state index contributed by atoms with van der Waals surface area (Å²) in [4.78, 5) is 5.17. The molecule has 1 aliphatic rings. The summed E-state index contributed by atoms with van der Waals surface area (Å²) in [7, 11) is 0. The van der Waals surface area contributed by atoms with Crippen LogP contribution in [0.2, 0.25) is 0 Å². The number of aromatic nitrogens is 2. The molecule has 1 fully saturated rings. The first-order valence-electron chi connectivity index (χ1n) is 11.4. The van der Waals surface area contributed by atoms with Crippen molar-refractivity contribution in [3.8, 4) is 0 Å². The summed E-state index contributed by atoms with van der Waals surface area (Å²) in [6.07, 6.45) is 4.56. The van der Waals surface area contributed by atoms with Crippen LogP contribution in [0.4, 0.5) is 5.69 Å². The number of aryl methyl sites for hydroxylation is 4. The van der Waals surface area contributed by atoms with E-state index in [2.05, 4.69) is 80.3 Å². The predicted octanol–water partition coefficient (Wildman–Crippen LogP) is 4.96. The van der Waals surface area contributed by atoms with E-state index in [-0.39, 0.29) is 5.54 Å². The second-order valence-corrected chi connectivity index (χ2v) is 9.68. The molecule has 4 nitrogen and oxygen atoms in total. The number of rotatable bonds is 7. The lowest BCUT2D eigenvalue weighted by atomic mass is 10.1. The summed E-state index contributed by atoms with van der Waals surface area (Å²) in [5, 5.41) is 4.94. The minimum atomic E-state index is 0.0627. The molecule has 0 bridgehead atoms. The van der Waals surface area contributed by atoms with Gasteiger partial charge in [-0.05, 0) is 78.1 Å². The molecule has 0 radical (unpaired) electrons. The predicted molar refractivity (Wildman–Crippen MR) is 124 cm³/mol. The van der Waals surface area contributed by atoms with Gasteiger partial charge in [0.2, 0.25) is 0 Å². The zero-order valence-electron chi connectivity index (χ0n) is 19.5. The second kappa shape index (κ2) is 9.34. The van der Waals surface area contributed by atoms with Crippen LogP contribution in [-0.2, 0) is 18.4 Å². The quantitative estimate of drug-likeness (QED) is 0.661. The monoisotopic (exact) mass is 396 g/mol. The van der Waals surface area contributed by atoms with Crippen molar-refractivity contribution in [2.24, 2.45) is 0 Å². The minimum Gasteiger partial charge on any atom is -0.369 e. The molecule has 0 unspecified atom stereocenters. The third-order valence-electron chi connectivity index (χ3n) is 5.95. The zero-order chi connectivity index (χ0) is 21.0. The Morgan fingerprint density at radius 2 is 1.69 bits per heavy atom. The molecule has 0 saturated carbocycles. The van der Waals surface area contributed by atoms with Gasteiger partial charge in [-0.2, -0.15) is 5.10 Å². The van der Waals surface area contributed by atoms with Crippen molar-refractivity contribution in [2.75, 3.05) is 37.6 Å². The molecule has 2 aromatic rings. The molecule has 3 rings (SSSR count). The van der Waals surface area contributed by atoms with E-state index in [0.717, 1.165) is 39.0 Å². The van der Waals surface area contributed by atoms with Crippen molar-refractivity contribution in [3.05, 3.63) is 46.8 Å². The summed E-state index contributed by atoms with van der Waals surface area (Å²) in [6, 6.07) is 9.16. The zero-order valence-corrected chi connectivity index (χ0v) is 19.5.